The Morgan fingerprint density at radius 2 is 2.00 bits per heavy atom. The van der Waals surface area contributed by atoms with Crippen molar-refractivity contribution in [3.8, 4) is 0 Å². The van der Waals surface area contributed by atoms with Gasteiger partial charge in [0.1, 0.15) is 0 Å². The van der Waals surface area contributed by atoms with Crippen LogP contribution in [0.4, 0.5) is 5.13 Å². The second-order valence-electron chi connectivity index (χ2n) is 6.75. The maximum absolute atomic E-state index is 12.7. The Kier molecular flexibility index (Phi) is 5.49. The predicted molar refractivity (Wildman–Crippen MR) is 111 cm³/mol. The number of nitrogens with zero attached hydrogens (tertiary/aromatic N) is 7. The molecule has 0 radical (unpaired) electrons. The zero-order valence-electron chi connectivity index (χ0n) is 16.3. The van der Waals surface area contributed by atoms with Crippen molar-refractivity contribution in [1.29, 1.82) is 0 Å². The second-order valence-corrected chi connectivity index (χ2v) is 8.40. The van der Waals surface area contributed by atoms with Gasteiger partial charge >= 0.3 is 0 Å². The molecule has 0 N–H and O–H groups in total. The molecular weight excluding hydrogens is 394 g/mol. The topological polar surface area (TPSA) is 79.5 Å². The lowest BCUT2D eigenvalue weighted by Gasteiger charge is -2.34. The van der Waals surface area contributed by atoms with E-state index in [0.29, 0.717) is 23.8 Å². The maximum atomic E-state index is 12.7. The molecule has 1 aliphatic heterocycles. The summed E-state index contributed by atoms with van der Waals surface area (Å²) in [5, 5.41) is 8.21. The summed E-state index contributed by atoms with van der Waals surface area (Å²) in [5.74, 6) is 0.814. The predicted octanol–water partition coefficient (Wildman–Crippen LogP) is 2.20. The van der Waals surface area contributed by atoms with Crippen molar-refractivity contribution in [2.75, 3.05) is 37.3 Å². The summed E-state index contributed by atoms with van der Waals surface area (Å²) in [6, 6.07) is 0. The number of thioether (sulfide) groups is 1. The van der Waals surface area contributed by atoms with Crippen molar-refractivity contribution >= 4 is 39.9 Å². The number of aromatic nitrogens is 5. The quantitative estimate of drug-likeness (QED) is 0.589. The van der Waals surface area contributed by atoms with Crippen LogP contribution in [0.1, 0.15) is 23.4 Å². The first-order valence-electron chi connectivity index (χ1n) is 9.26. The van der Waals surface area contributed by atoms with Gasteiger partial charge in [-0.15, -0.1) is 16.4 Å². The Bertz CT molecular complexity index is 978. The van der Waals surface area contributed by atoms with E-state index in [2.05, 4.69) is 25.0 Å². The van der Waals surface area contributed by atoms with Gasteiger partial charge in [0.2, 0.25) is 11.1 Å². The van der Waals surface area contributed by atoms with Crippen LogP contribution >= 0.6 is 23.1 Å². The number of hydrogen-bond donors (Lipinski definition) is 0. The molecule has 8 nitrogen and oxygen atoms in total. The number of rotatable bonds is 5. The highest BCUT2D eigenvalue weighted by Crippen LogP contribution is 2.21. The van der Waals surface area contributed by atoms with Gasteiger partial charge in [-0.3, -0.25) is 4.79 Å². The highest BCUT2D eigenvalue weighted by molar-refractivity contribution is 7.98. The van der Waals surface area contributed by atoms with Crippen molar-refractivity contribution < 1.29 is 4.79 Å². The number of anilines is 1. The van der Waals surface area contributed by atoms with E-state index < -0.39 is 0 Å². The summed E-state index contributed by atoms with van der Waals surface area (Å²) in [6.07, 6.45) is 4.92. The van der Waals surface area contributed by atoms with E-state index in [-0.39, 0.29) is 5.91 Å². The lowest BCUT2D eigenvalue weighted by molar-refractivity contribution is -0.131. The standard InChI is InChI=1S/C18H23N7OS2/c1-12-14(13(2)25-16(20-12)21-17(22-25)27-3)4-5-15(26)23-7-9-24(10-8-23)18-19-6-11-28-18/h6,11H,4-5,7-10H2,1-3H3. The molecule has 148 valence electrons. The van der Waals surface area contributed by atoms with E-state index in [4.69, 9.17) is 0 Å². The lowest BCUT2D eigenvalue weighted by atomic mass is 10.1. The molecule has 0 unspecified atom stereocenters. The van der Waals surface area contributed by atoms with Crippen molar-refractivity contribution in [2.45, 2.75) is 31.8 Å². The fraction of sp³-hybridized carbons (Fsp3) is 0.500. The van der Waals surface area contributed by atoms with Crippen molar-refractivity contribution in [1.82, 2.24) is 29.5 Å². The minimum Gasteiger partial charge on any atom is -0.345 e. The molecule has 1 saturated heterocycles. The number of piperazine rings is 1. The monoisotopic (exact) mass is 417 g/mol. The van der Waals surface area contributed by atoms with Crippen LogP contribution in [-0.4, -0.2) is 67.8 Å². The third-order valence-corrected chi connectivity index (χ3v) is 6.49. The van der Waals surface area contributed by atoms with Crippen molar-refractivity contribution in [2.24, 2.45) is 0 Å². The van der Waals surface area contributed by atoms with Gasteiger partial charge in [-0.1, -0.05) is 11.8 Å². The highest BCUT2D eigenvalue weighted by Gasteiger charge is 2.23. The Morgan fingerprint density at radius 1 is 1.21 bits per heavy atom. The molecule has 4 heterocycles. The summed E-state index contributed by atoms with van der Waals surface area (Å²) in [7, 11) is 0. The van der Waals surface area contributed by atoms with Gasteiger partial charge in [0, 0.05) is 55.6 Å². The fourth-order valence-corrected chi connectivity index (χ4v) is 4.58. The molecule has 28 heavy (non-hydrogen) atoms. The number of thiazole rings is 1. The minimum atomic E-state index is 0.195. The van der Waals surface area contributed by atoms with Gasteiger partial charge in [-0.05, 0) is 32.1 Å². The minimum absolute atomic E-state index is 0.195. The lowest BCUT2D eigenvalue weighted by Crippen LogP contribution is -2.48. The van der Waals surface area contributed by atoms with Gasteiger partial charge in [0.05, 0.1) is 0 Å². The normalized spacial score (nSPS) is 14.8. The Hall–Kier alpha value is -2.20. The molecule has 1 fully saturated rings. The van der Waals surface area contributed by atoms with Gasteiger partial charge in [0.25, 0.3) is 5.78 Å². The Morgan fingerprint density at radius 3 is 2.68 bits per heavy atom. The van der Waals surface area contributed by atoms with E-state index in [1.807, 2.05) is 36.6 Å². The van der Waals surface area contributed by atoms with E-state index in [0.717, 1.165) is 48.3 Å². The summed E-state index contributed by atoms with van der Waals surface area (Å²) in [5.41, 5.74) is 3.02. The summed E-state index contributed by atoms with van der Waals surface area (Å²) < 4.78 is 1.78. The number of aryl methyl sites for hydroxylation is 2. The van der Waals surface area contributed by atoms with Crippen LogP contribution in [0, 0.1) is 13.8 Å². The van der Waals surface area contributed by atoms with Gasteiger partial charge in [-0.2, -0.15) is 4.98 Å². The van der Waals surface area contributed by atoms with Gasteiger partial charge in [-0.25, -0.2) is 14.5 Å². The van der Waals surface area contributed by atoms with Crippen LogP contribution in [0.3, 0.4) is 0 Å². The summed E-state index contributed by atoms with van der Waals surface area (Å²) >= 11 is 3.14. The Labute approximate surface area is 172 Å². The molecule has 0 atom stereocenters. The number of fused-ring (bicyclic) bond motifs is 1. The third-order valence-electron chi connectivity index (χ3n) is 5.12. The van der Waals surface area contributed by atoms with Crippen LogP contribution in [-0.2, 0) is 11.2 Å². The zero-order valence-corrected chi connectivity index (χ0v) is 17.9. The Balaban J connectivity index is 1.40. The maximum Gasteiger partial charge on any atom is 0.253 e. The molecule has 1 amide bonds. The fourth-order valence-electron chi connectivity index (χ4n) is 3.55. The molecule has 0 saturated carbocycles. The van der Waals surface area contributed by atoms with Crippen LogP contribution in [0.15, 0.2) is 16.7 Å². The highest BCUT2D eigenvalue weighted by atomic mass is 32.2. The van der Waals surface area contributed by atoms with Crippen LogP contribution in [0.2, 0.25) is 0 Å². The average Bonchev–Trinajstić information content (AvgIpc) is 3.37. The number of hydrogen-bond acceptors (Lipinski definition) is 8. The van der Waals surface area contributed by atoms with Crippen molar-refractivity contribution in [3.63, 3.8) is 0 Å². The smallest absolute Gasteiger partial charge is 0.253 e. The first kappa shape index (κ1) is 19.1. The molecule has 3 aromatic heterocycles. The molecule has 0 aromatic carbocycles. The van der Waals surface area contributed by atoms with Crippen LogP contribution in [0.5, 0.6) is 0 Å². The van der Waals surface area contributed by atoms with E-state index in [9.17, 15) is 4.79 Å². The number of carbonyl (C=O) groups is 1. The number of amides is 1. The van der Waals surface area contributed by atoms with E-state index >= 15 is 0 Å². The molecule has 4 rings (SSSR count). The second kappa shape index (κ2) is 8.04. The molecule has 0 bridgehead atoms. The summed E-state index contributed by atoms with van der Waals surface area (Å²) in [6.45, 7) is 7.16. The van der Waals surface area contributed by atoms with Gasteiger partial charge < -0.3 is 9.80 Å². The van der Waals surface area contributed by atoms with E-state index in [1.54, 1.807) is 15.9 Å². The largest absolute Gasteiger partial charge is 0.345 e. The molecular formula is C18H23N7OS2. The first-order chi connectivity index (χ1) is 13.6. The number of carbonyl (C=O) groups excluding carboxylic acids is 1. The molecule has 3 aromatic rings. The molecule has 0 aliphatic carbocycles. The summed E-state index contributed by atoms with van der Waals surface area (Å²) in [4.78, 5) is 30.3. The first-order valence-corrected chi connectivity index (χ1v) is 11.4. The third kappa shape index (κ3) is 3.70. The molecule has 10 heteroatoms. The van der Waals surface area contributed by atoms with E-state index in [1.165, 1.54) is 11.8 Å². The SMILES string of the molecule is CSc1nc2nc(C)c(CCC(=O)N3CCN(c4nccs4)CC3)c(C)n2n1. The van der Waals surface area contributed by atoms with Crippen LogP contribution in [0.25, 0.3) is 5.78 Å². The average molecular weight is 418 g/mol. The molecule has 0 spiro atoms. The zero-order chi connectivity index (χ0) is 19.7. The van der Waals surface area contributed by atoms with Gasteiger partial charge in [0.15, 0.2) is 5.13 Å². The van der Waals surface area contributed by atoms with Crippen molar-refractivity contribution in [3.05, 3.63) is 28.5 Å². The van der Waals surface area contributed by atoms with Crippen LogP contribution < -0.4 is 4.90 Å². The molecule has 1 aliphatic rings.